The lowest BCUT2D eigenvalue weighted by Crippen LogP contribution is -2.51. The van der Waals surface area contributed by atoms with Gasteiger partial charge in [0.05, 0.1) is 24.2 Å². The fraction of sp³-hybridized carbons (Fsp3) is 0.818. The highest BCUT2D eigenvalue weighted by molar-refractivity contribution is 14.1. The number of carbonyl (C=O) groups excluding carboxylic acids is 2. The number of fused-ring (bicyclic) bond motifs is 3. The molecule has 2 aliphatic carbocycles. The summed E-state index contributed by atoms with van der Waals surface area (Å²) in [5.41, 5.74) is 0. The van der Waals surface area contributed by atoms with Gasteiger partial charge in [0.15, 0.2) is 12.2 Å². The normalized spacial score (nSPS) is 41.9. The predicted molar refractivity (Wildman–Crippen MR) is 127 cm³/mol. The van der Waals surface area contributed by atoms with Crippen LogP contribution in [0.2, 0.25) is 0 Å². The monoisotopic (exact) mass is 658 g/mol. The summed E-state index contributed by atoms with van der Waals surface area (Å²) in [6.45, 7) is 1.26. The summed E-state index contributed by atoms with van der Waals surface area (Å²) in [4.78, 5) is 25.6. The molecule has 0 aromatic heterocycles. The molecular weight excluding hydrogens is 630 g/mol. The molecule has 31 heavy (non-hydrogen) atoms. The fourth-order valence-electron chi connectivity index (χ4n) is 5.87. The van der Waals surface area contributed by atoms with Crippen LogP contribution in [-0.2, 0) is 33.3 Å². The van der Waals surface area contributed by atoms with Gasteiger partial charge in [0.2, 0.25) is 5.79 Å². The first kappa shape index (κ1) is 22.6. The Balaban J connectivity index is 1.25. The van der Waals surface area contributed by atoms with E-state index in [-0.39, 0.29) is 35.8 Å². The summed E-state index contributed by atoms with van der Waals surface area (Å²) in [6.07, 6.45) is 5.58. The molecule has 0 amide bonds. The Hall–Kier alpha value is -0.140. The minimum Gasteiger partial charge on any atom is -0.498 e. The van der Waals surface area contributed by atoms with Crippen LogP contribution in [0.4, 0.5) is 0 Å². The summed E-state index contributed by atoms with van der Waals surface area (Å²) in [5, 5.41) is 0. The number of ether oxygens (including phenoxy) is 5. The average molecular weight is 658 g/mol. The highest BCUT2D eigenvalue weighted by Gasteiger charge is 2.74. The molecule has 0 radical (unpaired) electrons. The molecule has 0 aromatic rings. The van der Waals surface area contributed by atoms with Gasteiger partial charge in [-0.2, -0.15) is 0 Å². The van der Waals surface area contributed by atoms with Gasteiger partial charge < -0.3 is 23.7 Å². The first-order valence-electron chi connectivity index (χ1n) is 11.2. The molecule has 4 bridgehead atoms. The Labute approximate surface area is 209 Å². The molecule has 7 nitrogen and oxygen atoms in total. The summed E-state index contributed by atoms with van der Waals surface area (Å²) in [7, 11) is 0. The molecule has 3 saturated heterocycles. The van der Waals surface area contributed by atoms with Gasteiger partial charge in [0.25, 0.3) is 0 Å². The number of rotatable bonds is 10. The third kappa shape index (κ3) is 4.03. The number of allylic oxidation sites excluding steroid dienone is 2. The zero-order chi connectivity index (χ0) is 21.6. The van der Waals surface area contributed by atoms with Crippen molar-refractivity contribution in [2.75, 3.05) is 22.1 Å². The molecule has 8 unspecified atom stereocenters. The maximum atomic E-state index is 13.3. The van der Waals surface area contributed by atoms with Crippen molar-refractivity contribution in [2.45, 2.75) is 62.6 Å². The number of carbonyl (C=O) groups is 2. The van der Waals surface area contributed by atoms with Crippen LogP contribution >= 0.6 is 45.2 Å². The van der Waals surface area contributed by atoms with E-state index in [4.69, 9.17) is 23.7 Å². The molecule has 5 rings (SSSR count). The maximum Gasteiger partial charge on any atom is 0.312 e. The lowest BCUT2D eigenvalue weighted by atomic mass is 9.85. The van der Waals surface area contributed by atoms with E-state index in [1.165, 1.54) is 0 Å². The molecule has 3 aliphatic heterocycles. The molecule has 172 valence electrons. The van der Waals surface area contributed by atoms with Gasteiger partial charge in [-0.05, 0) is 44.1 Å². The molecule has 8 atom stereocenters. The van der Waals surface area contributed by atoms with Crippen LogP contribution in [0.25, 0.3) is 0 Å². The largest absolute Gasteiger partial charge is 0.498 e. The quantitative estimate of drug-likeness (QED) is 0.154. The van der Waals surface area contributed by atoms with Gasteiger partial charge in [0.1, 0.15) is 6.10 Å². The highest BCUT2D eigenvalue weighted by Crippen LogP contribution is 2.55. The summed E-state index contributed by atoms with van der Waals surface area (Å²) < 4.78 is 31.9. The molecular formula is C22H28I2O7. The zero-order valence-corrected chi connectivity index (χ0v) is 21.6. The molecule has 4 fully saturated rings. The van der Waals surface area contributed by atoms with Crippen LogP contribution in [0.1, 0.15) is 38.5 Å². The Morgan fingerprint density at radius 3 is 2.77 bits per heavy atom. The smallest absolute Gasteiger partial charge is 0.312 e. The molecule has 1 saturated carbocycles. The number of esters is 2. The van der Waals surface area contributed by atoms with Crippen LogP contribution in [0.5, 0.6) is 0 Å². The van der Waals surface area contributed by atoms with E-state index in [9.17, 15) is 9.59 Å². The SMILES string of the molecule is O=C(OC12CC3C(=O)OC(C3O1)C2OCCCI)C1CC2CC1CC=C2OCCCI. The van der Waals surface area contributed by atoms with Crippen molar-refractivity contribution in [3.05, 3.63) is 11.8 Å². The van der Waals surface area contributed by atoms with Crippen LogP contribution in [0, 0.1) is 23.7 Å². The van der Waals surface area contributed by atoms with Crippen LogP contribution < -0.4 is 0 Å². The van der Waals surface area contributed by atoms with Gasteiger partial charge in [-0.3, -0.25) is 9.59 Å². The van der Waals surface area contributed by atoms with Gasteiger partial charge in [-0.25, -0.2) is 0 Å². The summed E-state index contributed by atoms with van der Waals surface area (Å²) in [5.74, 6) is -0.604. The van der Waals surface area contributed by atoms with Gasteiger partial charge in [0, 0.05) is 27.8 Å². The number of hydrogen-bond acceptors (Lipinski definition) is 7. The van der Waals surface area contributed by atoms with Crippen LogP contribution in [0.15, 0.2) is 11.8 Å². The van der Waals surface area contributed by atoms with E-state index >= 15 is 0 Å². The molecule has 0 N–H and O–H groups in total. The van der Waals surface area contributed by atoms with E-state index in [0.29, 0.717) is 18.9 Å². The maximum absolute atomic E-state index is 13.3. The van der Waals surface area contributed by atoms with E-state index in [1.807, 2.05) is 0 Å². The van der Waals surface area contributed by atoms with E-state index in [0.717, 1.165) is 53.3 Å². The molecule has 0 spiro atoms. The van der Waals surface area contributed by atoms with Crippen LogP contribution in [0.3, 0.4) is 0 Å². The summed E-state index contributed by atoms with van der Waals surface area (Å²) >= 11 is 4.66. The van der Waals surface area contributed by atoms with Crippen molar-refractivity contribution < 1.29 is 33.3 Å². The fourth-order valence-corrected chi connectivity index (χ4v) is 6.49. The topological polar surface area (TPSA) is 80.3 Å². The zero-order valence-electron chi connectivity index (χ0n) is 17.3. The lowest BCUT2D eigenvalue weighted by molar-refractivity contribution is -0.244. The Bertz CT molecular complexity index is 758. The van der Waals surface area contributed by atoms with E-state index in [1.54, 1.807) is 0 Å². The van der Waals surface area contributed by atoms with Crippen molar-refractivity contribution in [1.29, 1.82) is 0 Å². The van der Waals surface area contributed by atoms with Crippen molar-refractivity contribution in [3.8, 4) is 0 Å². The van der Waals surface area contributed by atoms with Crippen molar-refractivity contribution in [2.24, 2.45) is 23.7 Å². The first-order valence-corrected chi connectivity index (χ1v) is 14.3. The molecule has 3 heterocycles. The standard InChI is InChI=1S/C22H28I2O7/c23-5-1-7-27-16-4-3-12-9-13(16)10-14(12)21(26)31-22-11-15-17(30-22)18(29-20(15)25)19(22)28-8-2-6-24/h4,12-15,17-19H,1-3,5-11H2. The Morgan fingerprint density at radius 1 is 1.16 bits per heavy atom. The lowest BCUT2D eigenvalue weighted by Gasteiger charge is -2.34. The Morgan fingerprint density at radius 2 is 1.97 bits per heavy atom. The summed E-state index contributed by atoms with van der Waals surface area (Å²) in [6, 6.07) is 0. The number of halogens is 2. The minimum absolute atomic E-state index is 0.172. The molecule has 5 aliphatic rings. The first-order chi connectivity index (χ1) is 15.1. The third-order valence-corrected chi connectivity index (χ3v) is 8.79. The van der Waals surface area contributed by atoms with E-state index in [2.05, 4.69) is 51.3 Å². The van der Waals surface area contributed by atoms with Gasteiger partial charge in [-0.15, -0.1) is 0 Å². The number of alkyl halides is 2. The van der Waals surface area contributed by atoms with Crippen molar-refractivity contribution in [1.82, 2.24) is 0 Å². The molecule has 9 heteroatoms. The average Bonchev–Trinajstić information content (AvgIpc) is 3.43. The van der Waals surface area contributed by atoms with Crippen molar-refractivity contribution >= 4 is 57.1 Å². The second-order valence-corrected chi connectivity index (χ2v) is 11.3. The highest BCUT2D eigenvalue weighted by atomic mass is 127. The number of hydrogen-bond donors (Lipinski definition) is 0. The van der Waals surface area contributed by atoms with E-state index < -0.39 is 18.0 Å². The second kappa shape index (κ2) is 9.25. The second-order valence-electron chi connectivity index (χ2n) is 9.13. The van der Waals surface area contributed by atoms with Crippen molar-refractivity contribution in [3.63, 3.8) is 0 Å². The van der Waals surface area contributed by atoms with Gasteiger partial charge in [-0.1, -0.05) is 45.2 Å². The third-order valence-electron chi connectivity index (χ3n) is 7.26. The Kier molecular flexibility index (Phi) is 6.75. The van der Waals surface area contributed by atoms with Crippen LogP contribution in [-0.4, -0.2) is 58.1 Å². The van der Waals surface area contributed by atoms with Gasteiger partial charge >= 0.3 is 11.9 Å². The minimum atomic E-state index is -1.20. The predicted octanol–water partition coefficient (Wildman–Crippen LogP) is 3.55. The molecule has 0 aromatic carbocycles.